The van der Waals surface area contributed by atoms with Gasteiger partial charge in [0.05, 0.1) is 5.52 Å². The minimum Gasteiger partial charge on any atom is -0.344 e. The average molecular weight is 254 g/mol. The normalized spacial score (nSPS) is 19.9. The van der Waals surface area contributed by atoms with Crippen LogP contribution in [0.2, 0.25) is 0 Å². The van der Waals surface area contributed by atoms with Crippen molar-refractivity contribution in [1.29, 1.82) is 0 Å². The zero-order chi connectivity index (χ0) is 13.0. The summed E-state index contributed by atoms with van der Waals surface area (Å²) in [6, 6.07) is 6.92. The molecule has 0 bridgehead atoms. The van der Waals surface area contributed by atoms with Crippen molar-refractivity contribution < 1.29 is 0 Å². The smallest absolute Gasteiger partial charge is 0.0518 e. The molecule has 1 aliphatic carbocycles. The summed E-state index contributed by atoms with van der Waals surface area (Å²) in [6.07, 6.45) is 5.23. The Hall–Kier alpha value is -1.28. The molecule has 0 amide bonds. The molecule has 1 fully saturated rings. The lowest BCUT2D eigenvalue weighted by Crippen LogP contribution is -2.24. The van der Waals surface area contributed by atoms with Gasteiger partial charge in [0.1, 0.15) is 0 Å². The zero-order valence-electron chi connectivity index (χ0n) is 11.9. The molecule has 0 atom stereocenters. The predicted octanol–water partition coefficient (Wildman–Crippen LogP) is 3.15. The van der Waals surface area contributed by atoms with Gasteiger partial charge in [-0.15, -0.1) is 0 Å². The summed E-state index contributed by atoms with van der Waals surface area (Å²) < 4.78 is 2.58. The SMILES string of the molecule is CNCC1(c2c(C)n3c4c(cccc24)CCC3)CC1. The van der Waals surface area contributed by atoms with Crippen LogP contribution < -0.4 is 5.32 Å². The molecule has 2 aromatic rings. The highest BCUT2D eigenvalue weighted by atomic mass is 15.0. The van der Waals surface area contributed by atoms with E-state index in [1.54, 1.807) is 11.1 Å². The van der Waals surface area contributed by atoms with Gasteiger partial charge in [-0.1, -0.05) is 18.2 Å². The van der Waals surface area contributed by atoms with E-state index in [1.807, 2.05) is 0 Å². The van der Waals surface area contributed by atoms with E-state index in [1.165, 1.54) is 48.8 Å². The first-order valence-electron chi connectivity index (χ1n) is 7.53. The summed E-state index contributed by atoms with van der Waals surface area (Å²) in [4.78, 5) is 0. The summed E-state index contributed by atoms with van der Waals surface area (Å²) in [7, 11) is 2.08. The summed E-state index contributed by atoms with van der Waals surface area (Å²) >= 11 is 0. The van der Waals surface area contributed by atoms with Gasteiger partial charge in [0.15, 0.2) is 0 Å². The Bertz CT molecular complexity index is 647. The number of hydrogen-bond donors (Lipinski definition) is 1. The second kappa shape index (κ2) is 3.86. The predicted molar refractivity (Wildman–Crippen MR) is 79.8 cm³/mol. The number of hydrogen-bond acceptors (Lipinski definition) is 1. The molecule has 1 aliphatic heterocycles. The van der Waals surface area contributed by atoms with E-state index in [2.05, 4.69) is 42.1 Å². The van der Waals surface area contributed by atoms with E-state index in [0.717, 1.165) is 6.54 Å². The average Bonchev–Trinajstić information content (AvgIpc) is 3.13. The first-order chi connectivity index (χ1) is 9.27. The number of nitrogens with zero attached hydrogens (tertiary/aromatic N) is 1. The highest BCUT2D eigenvalue weighted by Gasteiger charge is 2.46. The zero-order valence-corrected chi connectivity index (χ0v) is 11.9. The summed E-state index contributed by atoms with van der Waals surface area (Å²) in [5, 5.41) is 4.94. The Morgan fingerprint density at radius 3 is 2.89 bits per heavy atom. The van der Waals surface area contributed by atoms with Crippen LogP contribution in [0.15, 0.2) is 18.2 Å². The summed E-state index contributed by atoms with van der Waals surface area (Å²) in [6.45, 7) is 4.66. The molecule has 0 saturated heterocycles. The van der Waals surface area contributed by atoms with Gasteiger partial charge >= 0.3 is 0 Å². The summed E-state index contributed by atoms with van der Waals surface area (Å²) in [5.41, 5.74) is 6.67. The van der Waals surface area contributed by atoms with Crippen LogP contribution in [-0.2, 0) is 18.4 Å². The number of benzene rings is 1. The minimum atomic E-state index is 0.422. The fourth-order valence-electron chi connectivity index (χ4n) is 4.19. The van der Waals surface area contributed by atoms with E-state index >= 15 is 0 Å². The molecule has 2 aliphatic rings. The lowest BCUT2D eigenvalue weighted by atomic mass is 9.92. The quantitative estimate of drug-likeness (QED) is 0.890. The number of para-hydroxylation sites is 1. The monoisotopic (exact) mass is 254 g/mol. The van der Waals surface area contributed by atoms with Gasteiger partial charge < -0.3 is 9.88 Å². The van der Waals surface area contributed by atoms with Crippen molar-refractivity contribution in [2.45, 2.75) is 44.6 Å². The Kier molecular flexibility index (Phi) is 2.34. The minimum absolute atomic E-state index is 0.422. The molecule has 2 nitrogen and oxygen atoms in total. The molecule has 0 unspecified atom stereocenters. The van der Waals surface area contributed by atoms with E-state index in [9.17, 15) is 0 Å². The Labute approximate surface area is 114 Å². The largest absolute Gasteiger partial charge is 0.344 e. The lowest BCUT2D eigenvalue weighted by Gasteiger charge is -2.17. The molecule has 19 heavy (non-hydrogen) atoms. The third kappa shape index (κ3) is 1.47. The Morgan fingerprint density at radius 2 is 2.16 bits per heavy atom. The van der Waals surface area contributed by atoms with Gasteiger partial charge in [-0.3, -0.25) is 0 Å². The molecule has 2 heteroatoms. The number of nitrogens with one attached hydrogen (secondary N) is 1. The molecule has 0 spiro atoms. The topological polar surface area (TPSA) is 17.0 Å². The maximum atomic E-state index is 3.41. The van der Waals surface area contributed by atoms with Crippen LogP contribution in [0.4, 0.5) is 0 Å². The fraction of sp³-hybridized carbons (Fsp3) is 0.529. The Balaban J connectivity index is 2.02. The molecular formula is C17H22N2. The van der Waals surface area contributed by atoms with Crippen molar-refractivity contribution in [2.75, 3.05) is 13.6 Å². The molecule has 0 radical (unpaired) electrons. The second-order valence-corrected chi connectivity index (χ2v) is 6.34. The fourth-order valence-corrected chi connectivity index (χ4v) is 4.19. The van der Waals surface area contributed by atoms with E-state index in [-0.39, 0.29) is 0 Å². The van der Waals surface area contributed by atoms with Gasteiger partial charge in [0.2, 0.25) is 0 Å². The van der Waals surface area contributed by atoms with Crippen molar-refractivity contribution in [3.8, 4) is 0 Å². The van der Waals surface area contributed by atoms with E-state index in [4.69, 9.17) is 0 Å². The first kappa shape index (κ1) is 11.5. The van der Waals surface area contributed by atoms with Gasteiger partial charge in [0.25, 0.3) is 0 Å². The highest BCUT2D eigenvalue weighted by Crippen LogP contribution is 2.52. The van der Waals surface area contributed by atoms with Crippen molar-refractivity contribution in [2.24, 2.45) is 0 Å². The molecule has 100 valence electrons. The van der Waals surface area contributed by atoms with E-state index < -0.39 is 0 Å². The third-order valence-corrected chi connectivity index (χ3v) is 5.15. The number of likely N-dealkylation sites (N-methyl/N-ethyl adjacent to an activating group) is 1. The number of aromatic nitrogens is 1. The van der Waals surface area contributed by atoms with Crippen LogP contribution in [0.3, 0.4) is 0 Å². The number of rotatable bonds is 3. The Morgan fingerprint density at radius 1 is 1.32 bits per heavy atom. The van der Waals surface area contributed by atoms with Crippen LogP contribution in [0, 0.1) is 6.92 Å². The van der Waals surface area contributed by atoms with Crippen molar-refractivity contribution in [3.63, 3.8) is 0 Å². The lowest BCUT2D eigenvalue weighted by molar-refractivity contribution is 0.597. The maximum absolute atomic E-state index is 3.41. The molecule has 1 aromatic carbocycles. The van der Waals surface area contributed by atoms with Crippen LogP contribution in [0.25, 0.3) is 10.9 Å². The third-order valence-electron chi connectivity index (χ3n) is 5.15. The van der Waals surface area contributed by atoms with Gasteiger partial charge in [-0.25, -0.2) is 0 Å². The molecule has 1 aromatic heterocycles. The van der Waals surface area contributed by atoms with Crippen molar-refractivity contribution in [1.82, 2.24) is 9.88 Å². The van der Waals surface area contributed by atoms with Crippen LogP contribution in [-0.4, -0.2) is 18.2 Å². The van der Waals surface area contributed by atoms with Crippen LogP contribution in [0.1, 0.15) is 36.1 Å². The van der Waals surface area contributed by atoms with Gasteiger partial charge in [0, 0.05) is 29.6 Å². The van der Waals surface area contributed by atoms with E-state index in [0.29, 0.717) is 5.41 Å². The second-order valence-electron chi connectivity index (χ2n) is 6.34. The van der Waals surface area contributed by atoms with Crippen molar-refractivity contribution in [3.05, 3.63) is 35.0 Å². The highest BCUT2D eigenvalue weighted by molar-refractivity contribution is 5.90. The van der Waals surface area contributed by atoms with Crippen LogP contribution in [0.5, 0.6) is 0 Å². The molecule has 1 saturated carbocycles. The molecule has 4 rings (SSSR count). The number of aryl methyl sites for hydroxylation is 2. The molecular weight excluding hydrogens is 232 g/mol. The van der Waals surface area contributed by atoms with Gasteiger partial charge in [-0.2, -0.15) is 0 Å². The molecule has 1 N–H and O–H groups in total. The van der Waals surface area contributed by atoms with Crippen molar-refractivity contribution >= 4 is 10.9 Å². The standard InChI is InChI=1S/C17H22N2/c1-12-15(17(8-9-17)11-18-2)14-7-3-5-13-6-4-10-19(12)16(13)14/h3,5,7,18H,4,6,8-11H2,1-2H3. The summed E-state index contributed by atoms with van der Waals surface area (Å²) in [5.74, 6) is 0. The van der Waals surface area contributed by atoms with Crippen LogP contribution >= 0.6 is 0 Å². The first-order valence-corrected chi connectivity index (χ1v) is 7.53. The maximum Gasteiger partial charge on any atom is 0.0518 e. The molecule has 2 heterocycles. The van der Waals surface area contributed by atoms with Gasteiger partial charge in [-0.05, 0) is 50.8 Å².